The molecule has 0 aliphatic carbocycles. The molecule has 0 aliphatic heterocycles. The van der Waals surface area contributed by atoms with Gasteiger partial charge in [0.15, 0.2) is 9.84 Å². The predicted molar refractivity (Wildman–Crippen MR) is 60.5 cm³/mol. The quantitative estimate of drug-likeness (QED) is 0.787. The minimum Gasteiger partial charge on any atom is -0.497 e. The zero-order valence-electron chi connectivity index (χ0n) is 7.98. The third-order valence-electron chi connectivity index (χ3n) is 1.76. The molecule has 0 aliphatic rings. The van der Waals surface area contributed by atoms with E-state index in [0.717, 1.165) is 0 Å². The summed E-state index contributed by atoms with van der Waals surface area (Å²) in [7, 11) is -1.89. The van der Waals surface area contributed by atoms with Crippen LogP contribution in [0.5, 0.6) is 5.75 Å². The van der Waals surface area contributed by atoms with Crippen molar-refractivity contribution in [3.05, 3.63) is 24.3 Å². The van der Waals surface area contributed by atoms with Crippen molar-refractivity contribution in [3.63, 3.8) is 0 Å². The molecule has 6 heteroatoms. The molecule has 0 aromatic heterocycles. The summed E-state index contributed by atoms with van der Waals surface area (Å²) in [6.07, 6.45) is 0. The Hall–Kier alpha value is -0.450. The Morgan fingerprint density at radius 2 is 1.80 bits per heavy atom. The largest absolute Gasteiger partial charge is 0.497 e. The first-order valence-corrected chi connectivity index (χ1v) is 6.63. The van der Waals surface area contributed by atoms with E-state index in [9.17, 15) is 8.42 Å². The zero-order valence-corrected chi connectivity index (χ0v) is 10.3. The van der Waals surface area contributed by atoms with Crippen molar-refractivity contribution in [2.45, 2.75) is 9.73 Å². The van der Waals surface area contributed by atoms with Gasteiger partial charge in [-0.25, -0.2) is 8.42 Å². The Bertz CT molecular complexity index is 411. The number of ether oxygens (including phenoxy) is 1. The van der Waals surface area contributed by atoms with Crippen molar-refractivity contribution in [2.24, 2.45) is 0 Å². The van der Waals surface area contributed by atoms with Crippen molar-refractivity contribution in [1.82, 2.24) is 0 Å². The second-order valence-corrected chi connectivity index (χ2v) is 6.16. The minimum absolute atomic E-state index is 0.189. The van der Waals surface area contributed by atoms with Crippen LogP contribution >= 0.6 is 23.2 Å². The Labute approximate surface area is 98.9 Å². The van der Waals surface area contributed by atoms with E-state index in [1.54, 1.807) is 12.1 Å². The average molecular weight is 269 g/mol. The van der Waals surface area contributed by atoms with Gasteiger partial charge in [0.2, 0.25) is 0 Å². The molecule has 0 N–H and O–H groups in total. The maximum absolute atomic E-state index is 11.6. The summed E-state index contributed by atoms with van der Waals surface area (Å²) in [6, 6.07) is 6.07. The number of methoxy groups -OCH3 is 1. The molecule has 0 heterocycles. The molecule has 0 saturated heterocycles. The SMILES string of the molecule is COc1ccc(S(=O)(=O)CC(Cl)Cl)cc1. The number of benzene rings is 1. The molecule has 1 aromatic rings. The third kappa shape index (κ3) is 3.55. The van der Waals surface area contributed by atoms with Gasteiger partial charge >= 0.3 is 0 Å². The number of hydrogen-bond donors (Lipinski definition) is 0. The smallest absolute Gasteiger partial charge is 0.181 e. The average Bonchev–Trinajstić information content (AvgIpc) is 2.16. The monoisotopic (exact) mass is 268 g/mol. The summed E-state index contributed by atoms with van der Waals surface area (Å²) in [5.41, 5.74) is 0. The first-order valence-electron chi connectivity index (χ1n) is 4.10. The van der Waals surface area contributed by atoms with Crippen LogP contribution in [0.3, 0.4) is 0 Å². The summed E-state index contributed by atoms with van der Waals surface area (Å²) in [6.45, 7) is 0. The third-order valence-corrected chi connectivity index (χ3v) is 4.20. The second kappa shape index (κ2) is 5.05. The molecule has 0 saturated carbocycles. The van der Waals surface area contributed by atoms with E-state index in [2.05, 4.69) is 0 Å². The van der Waals surface area contributed by atoms with Crippen molar-refractivity contribution >= 4 is 33.0 Å². The van der Waals surface area contributed by atoms with Gasteiger partial charge in [-0.3, -0.25) is 0 Å². The van der Waals surface area contributed by atoms with E-state index in [1.807, 2.05) is 0 Å². The molecular formula is C9H10Cl2O3S. The number of halogens is 2. The minimum atomic E-state index is -3.40. The number of hydrogen-bond acceptors (Lipinski definition) is 3. The van der Waals surface area contributed by atoms with Gasteiger partial charge in [-0.1, -0.05) is 0 Å². The molecule has 0 unspecified atom stereocenters. The molecule has 1 rings (SSSR count). The highest BCUT2D eigenvalue weighted by atomic mass is 35.5. The van der Waals surface area contributed by atoms with Crippen LogP contribution in [0.15, 0.2) is 29.2 Å². The molecule has 84 valence electrons. The van der Waals surface area contributed by atoms with Crippen LogP contribution in [-0.2, 0) is 9.84 Å². The molecule has 0 atom stereocenters. The van der Waals surface area contributed by atoms with Gasteiger partial charge in [-0.15, -0.1) is 23.2 Å². The number of alkyl halides is 2. The van der Waals surface area contributed by atoms with E-state index < -0.39 is 14.7 Å². The Morgan fingerprint density at radius 1 is 1.27 bits per heavy atom. The molecule has 0 amide bonds. The van der Waals surface area contributed by atoms with Crippen LogP contribution in [0.2, 0.25) is 0 Å². The van der Waals surface area contributed by atoms with Crippen molar-refractivity contribution in [3.8, 4) is 5.75 Å². The van der Waals surface area contributed by atoms with Crippen molar-refractivity contribution < 1.29 is 13.2 Å². The lowest BCUT2D eigenvalue weighted by molar-refractivity contribution is 0.414. The second-order valence-electron chi connectivity index (χ2n) is 2.85. The molecule has 0 fully saturated rings. The highest BCUT2D eigenvalue weighted by Gasteiger charge is 2.18. The van der Waals surface area contributed by atoms with Gasteiger partial charge < -0.3 is 4.74 Å². The Kier molecular flexibility index (Phi) is 4.25. The van der Waals surface area contributed by atoms with Crippen molar-refractivity contribution in [1.29, 1.82) is 0 Å². The zero-order chi connectivity index (χ0) is 11.5. The standard InChI is InChI=1S/C9H10Cl2O3S/c1-14-7-2-4-8(5-3-7)15(12,13)6-9(10)11/h2-5,9H,6H2,1H3. The number of rotatable bonds is 4. The first kappa shape index (κ1) is 12.6. The van der Waals surface area contributed by atoms with E-state index >= 15 is 0 Å². The topological polar surface area (TPSA) is 43.4 Å². The summed E-state index contributed by atoms with van der Waals surface area (Å²) < 4.78 is 28.2. The van der Waals surface area contributed by atoms with Gasteiger partial charge in [0.05, 0.1) is 17.8 Å². The van der Waals surface area contributed by atoms with Crippen LogP contribution in [0.4, 0.5) is 0 Å². The van der Waals surface area contributed by atoms with E-state index in [0.29, 0.717) is 5.75 Å². The highest BCUT2D eigenvalue weighted by molar-refractivity contribution is 7.91. The molecule has 3 nitrogen and oxygen atoms in total. The van der Waals surface area contributed by atoms with Crippen LogP contribution < -0.4 is 4.74 Å². The summed E-state index contributed by atoms with van der Waals surface area (Å²) in [5, 5.41) is 0. The summed E-state index contributed by atoms with van der Waals surface area (Å²) in [4.78, 5) is -0.730. The van der Waals surface area contributed by atoms with E-state index in [4.69, 9.17) is 27.9 Å². The number of sulfone groups is 1. The maximum Gasteiger partial charge on any atom is 0.181 e. The maximum atomic E-state index is 11.6. The van der Waals surface area contributed by atoms with Crippen LogP contribution in [0.1, 0.15) is 0 Å². The molecular weight excluding hydrogens is 259 g/mol. The Morgan fingerprint density at radius 3 is 2.20 bits per heavy atom. The predicted octanol–water partition coefficient (Wildman–Crippen LogP) is 2.27. The van der Waals surface area contributed by atoms with Gasteiger partial charge in [0.1, 0.15) is 10.6 Å². The molecule has 15 heavy (non-hydrogen) atoms. The summed E-state index contributed by atoms with van der Waals surface area (Å²) in [5.74, 6) is 0.310. The Balaban J connectivity index is 2.96. The molecule has 0 spiro atoms. The van der Waals surface area contributed by atoms with Crippen LogP contribution in [-0.4, -0.2) is 26.1 Å². The normalized spacial score (nSPS) is 11.7. The fourth-order valence-corrected chi connectivity index (χ4v) is 3.12. The van der Waals surface area contributed by atoms with Crippen LogP contribution in [0, 0.1) is 0 Å². The summed E-state index contributed by atoms with van der Waals surface area (Å²) >= 11 is 10.9. The fourth-order valence-electron chi connectivity index (χ4n) is 1.05. The molecule has 1 aromatic carbocycles. The van der Waals surface area contributed by atoms with Gasteiger partial charge in [0, 0.05) is 0 Å². The van der Waals surface area contributed by atoms with Gasteiger partial charge in [0.25, 0.3) is 0 Å². The first-order chi connectivity index (χ1) is 6.95. The fraction of sp³-hybridized carbons (Fsp3) is 0.333. The lowest BCUT2D eigenvalue weighted by atomic mass is 10.3. The lowest BCUT2D eigenvalue weighted by Crippen LogP contribution is -2.12. The highest BCUT2D eigenvalue weighted by Crippen LogP contribution is 2.19. The van der Waals surface area contributed by atoms with Gasteiger partial charge in [-0.2, -0.15) is 0 Å². The van der Waals surface area contributed by atoms with Crippen LogP contribution in [0.25, 0.3) is 0 Å². The van der Waals surface area contributed by atoms with Gasteiger partial charge in [-0.05, 0) is 24.3 Å². The molecule has 0 radical (unpaired) electrons. The lowest BCUT2D eigenvalue weighted by Gasteiger charge is -2.05. The molecule has 0 bridgehead atoms. The van der Waals surface area contributed by atoms with E-state index in [-0.39, 0.29) is 10.6 Å². The van der Waals surface area contributed by atoms with E-state index in [1.165, 1.54) is 19.2 Å². The van der Waals surface area contributed by atoms with Crippen molar-refractivity contribution in [2.75, 3.05) is 12.9 Å².